The van der Waals surface area contributed by atoms with Crippen molar-refractivity contribution in [1.82, 2.24) is 9.71 Å². The van der Waals surface area contributed by atoms with Crippen LogP contribution in [0.4, 0.5) is 17.1 Å². The van der Waals surface area contributed by atoms with Crippen molar-refractivity contribution in [3.8, 4) is 5.75 Å². The third kappa shape index (κ3) is 2.78. The predicted octanol–water partition coefficient (Wildman–Crippen LogP) is 2.60. The first-order valence-electron chi connectivity index (χ1n) is 6.60. The highest BCUT2D eigenvalue weighted by atomic mass is 16.7. The van der Waals surface area contributed by atoms with E-state index in [1.807, 2.05) is 0 Å². The molecule has 3 rings (SSSR count). The van der Waals surface area contributed by atoms with E-state index in [1.54, 1.807) is 24.3 Å². The first-order valence-corrected chi connectivity index (χ1v) is 6.60. The van der Waals surface area contributed by atoms with Crippen LogP contribution in [0.2, 0.25) is 0 Å². The van der Waals surface area contributed by atoms with Crippen LogP contribution in [0.25, 0.3) is 11.0 Å². The number of aromatic nitrogens is 2. The van der Waals surface area contributed by atoms with Crippen LogP contribution in [0.1, 0.15) is 0 Å². The van der Waals surface area contributed by atoms with Gasteiger partial charge in [-0.3, -0.25) is 30.3 Å². The molecule has 0 aliphatic rings. The molecule has 12 nitrogen and oxygen atoms in total. The van der Waals surface area contributed by atoms with Crippen LogP contribution in [0.3, 0.4) is 0 Å². The van der Waals surface area contributed by atoms with Gasteiger partial charge in [0.2, 0.25) is 0 Å². The molecule has 0 N–H and O–H groups in total. The van der Waals surface area contributed by atoms with Crippen molar-refractivity contribution in [3.63, 3.8) is 0 Å². The zero-order chi connectivity index (χ0) is 18.1. The minimum Gasteiger partial charge on any atom is -0.359 e. The maximum atomic E-state index is 11.2. The van der Waals surface area contributed by atoms with Gasteiger partial charge in [-0.05, 0) is 12.1 Å². The fourth-order valence-electron chi connectivity index (χ4n) is 2.16. The lowest BCUT2D eigenvalue weighted by atomic mass is 10.2. The van der Waals surface area contributed by atoms with Crippen LogP contribution in [0, 0.1) is 30.3 Å². The molecule has 0 saturated carbocycles. The molecule has 1 aromatic heterocycles. The Morgan fingerprint density at radius 1 is 0.920 bits per heavy atom. The van der Waals surface area contributed by atoms with Gasteiger partial charge in [0.1, 0.15) is 11.8 Å². The Balaban J connectivity index is 2.21. The number of nitro groups is 3. The highest BCUT2D eigenvalue weighted by Gasteiger charge is 2.33. The number of rotatable bonds is 5. The van der Waals surface area contributed by atoms with Gasteiger partial charge >= 0.3 is 17.1 Å². The molecule has 1 heterocycles. The molecule has 2 aromatic carbocycles. The van der Waals surface area contributed by atoms with Gasteiger partial charge in [-0.2, -0.15) is 4.73 Å². The van der Waals surface area contributed by atoms with Crippen molar-refractivity contribution in [2.75, 3.05) is 0 Å². The summed E-state index contributed by atoms with van der Waals surface area (Å²) in [5, 5.41) is 33.3. The summed E-state index contributed by atoms with van der Waals surface area (Å²) in [6, 6.07) is 7.79. The lowest BCUT2D eigenvalue weighted by Gasteiger charge is -2.07. The number of nitrogens with zero attached hydrogens (tertiary/aromatic N) is 5. The molecular weight excluding hydrogens is 338 g/mol. The van der Waals surface area contributed by atoms with Crippen molar-refractivity contribution < 1.29 is 19.6 Å². The number of nitro benzene ring substituents is 3. The number of non-ortho nitro benzene ring substituents is 1. The molecule has 0 fully saturated rings. The zero-order valence-electron chi connectivity index (χ0n) is 12.1. The number of fused-ring (bicyclic) bond motifs is 1. The molecule has 12 heteroatoms. The van der Waals surface area contributed by atoms with Crippen molar-refractivity contribution in [2.24, 2.45) is 0 Å². The molecule has 0 saturated heterocycles. The van der Waals surface area contributed by atoms with Crippen LogP contribution >= 0.6 is 0 Å². The Kier molecular flexibility index (Phi) is 3.69. The van der Waals surface area contributed by atoms with E-state index in [2.05, 4.69) is 4.98 Å². The first kappa shape index (κ1) is 15.8. The fraction of sp³-hybridized carbons (Fsp3) is 0. The molecule has 0 amide bonds. The average Bonchev–Trinajstić information content (AvgIpc) is 2.97. The molecule has 0 atom stereocenters. The second-order valence-corrected chi connectivity index (χ2v) is 4.73. The van der Waals surface area contributed by atoms with Crippen LogP contribution < -0.4 is 4.84 Å². The summed E-state index contributed by atoms with van der Waals surface area (Å²) < 4.78 is 1.01. The number of hydrogen-bond acceptors (Lipinski definition) is 8. The summed E-state index contributed by atoms with van der Waals surface area (Å²) >= 11 is 0. The SMILES string of the molecule is O=[N+]([O-])c1cc([N+](=O)[O-])c(On2cnc3ccccc32)c([N+](=O)[O-])c1. The molecule has 0 bridgehead atoms. The van der Waals surface area contributed by atoms with Gasteiger partial charge in [0.05, 0.1) is 32.4 Å². The number of para-hydroxylation sites is 2. The molecule has 0 unspecified atom stereocenters. The Morgan fingerprint density at radius 3 is 2.08 bits per heavy atom. The lowest BCUT2D eigenvalue weighted by Crippen LogP contribution is -2.08. The van der Waals surface area contributed by atoms with Gasteiger partial charge < -0.3 is 4.84 Å². The highest BCUT2D eigenvalue weighted by molar-refractivity contribution is 5.75. The molecule has 0 aliphatic carbocycles. The van der Waals surface area contributed by atoms with Gasteiger partial charge in [-0.15, -0.1) is 0 Å². The van der Waals surface area contributed by atoms with Gasteiger partial charge in [-0.25, -0.2) is 4.98 Å². The normalized spacial score (nSPS) is 10.6. The minimum absolute atomic E-state index is 0.407. The van der Waals surface area contributed by atoms with E-state index in [4.69, 9.17) is 4.84 Å². The number of benzene rings is 2. The Hall–Kier alpha value is -4.09. The van der Waals surface area contributed by atoms with Crippen LogP contribution in [0.15, 0.2) is 42.7 Å². The summed E-state index contributed by atoms with van der Waals surface area (Å²) in [5.74, 6) is -0.733. The maximum absolute atomic E-state index is 11.2. The largest absolute Gasteiger partial charge is 0.359 e. The standard InChI is InChI=1S/C13H7N5O7/c19-16(20)8-5-11(17(21)22)13(12(6-8)18(23)24)25-15-7-14-9-3-1-2-4-10(9)15/h1-7H. The molecule has 0 radical (unpaired) electrons. The van der Waals surface area contributed by atoms with Crippen molar-refractivity contribution >= 4 is 28.1 Å². The zero-order valence-corrected chi connectivity index (χ0v) is 12.1. The predicted molar refractivity (Wildman–Crippen MR) is 82.2 cm³/mol. The van der Waals surface area contributed by atoms with Crippen molar-refractivity contribution in [3.05, 3.63) is 73.1 Å². The van der Waals surface area contributed by atoms with Crippen LogP contribution in [0.5, 0.6) is 5.75 Å². The maximum Gasteiger partial charge on any atom is 0.328 e. The summed E-state index contributed by atoms with van der Waals surface area (Å²) in [6.07, 6.45) is 1.18. The third-order valence-electron chi connectivity index (χ3n) is 3.25. The topological polar surface area (TPSA) is 156 Å². The second-order valence-electron chi connectivity index (χ2n) is 4.73. The highest BCUT2D eigenvalue weighted by Crippen LogP contribution is 2.40. The first-order chi connectivity index (χ1) is 11.9. The van der Waals surface area contributed by atoms with Crippen molar-refractivity contribution in [1.29, 1.82) is 0 Å². The molecule has 3 aromatic rings. The number of imidazole rings is 1. The smallest absolute Gasteiger partial charge is 0.328 e. The van der Waals surface area contributed by atoms with E-state index in [1.165, 1.54) is 6.33 Å². The van der Waals surface area contributed by atoms with E-state index < -0.39 is 37.6 Å². The minimum atomic E-state index is -0.992. The molecule has 0 aliphatic heterocycles. The second kappa shape index (κ2) is 5.84. The van der Waals surface area contributed by atoms with E-state index in [0.29, 0.717) is 23.2 Å². The Labute approximate surface area is 137 Å². The Morgan fingerprint density at radius 2 is 1.52 bits per heavy atom. The lowest BCUT2D eigenvalue weighted by molar-refractivity contribution is -0.404. The van der Waals surface area contributed by atoms with Crippen molar-refractivity contribution in [2.45, 2.75) is 0 Å². The molecule has 126 valence electrons. The monoisotopic (exact) mass is 345 g/mol. The van der Waals surface area contributed by atoms with Gasteiger partial charge in [-0.1, -0.05) is 12.1 Å². The van der Waals surface area contributed by atoms with E-state index in [0.717, 1.165) is 4.73 Å². The summed E-state index contributed by atoms with van der Waals surface area (Å²) in [7, 11) is 0. The van der Waals surface area contributed by atoms with E-state index in [-0.39, 0.29) is 0 Å². The molecular formula is C13H7N5O7. The van der Waals surface area contributed by atoms with E-state index >= 15 is 0 Å². The third-order valence-corrected chi connectivity index (χ3v) is 3.25. The van der Waals surface area contributed by atoms with Gasteiger partial charge in [0.25, 0.3) is 5.69 Å². The Bertz CT molecular complexity index is 994. The summed E-state index contributed by atoms with van der Waals surface area (Å²) in [5.41, 5.74) is -1.70. The fourth-order valence-corrected chi connectivity index (χ4v) is 2.16. The quantitative estimate of drug-likeness (QED) is 0.504. The van der Waals surface area contributed by atoms with Crippen LogP contribution in [-0.4, -0.2) is 24.5 Å². The average molecular weight is 345 g/mol. The van der Waals surface area contributed by atoms with Crippen LogP contribution in [-0.2, 0) is 0 Å². The van der Waals surface area contributed by atoms with Gasteiger partial charge in [0, 0.05) is 0 Å². The summed E-state index contributed by atoms with van der Waals surface area (Å²) in [6.45, 7) is 0. The summed E-state index contributed by atoms with van der Waals surface area (Å²) in [4.78, 5) is 39.6. The van der Waals surface area contributed by atoms with Gasteiger partial charge in [0.15, 0.2) is 0 Å². The van der Waals surface area contributed by atoms with E-state index in [9.17, 15) is 30.3 Å². The molecule has 0 spiro atoms. The molecule has 25 heavy (non-hydrogen) atoms. The number of hydrogen-bond donors (Lipinski definition) is 0.